The van der Waals surface area contributed by atoms with E-state index in [-0.39, 0.29) is 0 Å². The highest BCUT2D eigenvalue weighted by Crippen LogP contribution is 2.13. The quantitative estimate of drug-likeness (QED) is 0.786. The zero-order valence-electron chi connectivity index (χ0n) is 11.7. The van der Waals surface area contributed by atoms with Crippen molar-refractivity contribution in [1.29, 1.82) is 0 Å². The Morgan fingerprint density at radius 2 is 2.35 bits per heavy atom. The van der Waals surface area contributed by atoms with Crippen LogP contribution < -0.4 is 5.32 Å². The Morgan fingerprint density at radius 3 is 3.25 bits per heavy atom. The van der Waals surface area contributed by atoms with Crippen LogP contribution in [0.4, 0.5) is 0 Å². The molecule has 0 saturated heterocycles. The molecule has 108 valence electrons. The first-order valence-corrected chi connectivity index (χ1v) is 7.09. The molecule has 0 aromatic carbocycles. The summed E-state index contributed by atoms with van der Waals surface area (Å²) in [4.78, 5) is 2.30. The molecule has 2 aromatic heterocycles. The first-order valence-electron chi connectivity index (χ1n) is 7.09. The molecule has 0 spiro atoms. The molecule has 20 heavy (non-hydrogen) atoms. The van der Waals surface area contributed by atoms with Crippen LogP contribution in [0, 0.1) is 0 Å². The number of nitrogens with one attached hydrogen (secondary N) is 1. The Morgan fingerprint density at radius 1 is 1.40 bits per heavy atom. The predicted molar refractivity (Wildman–Crippen MR) is 72.6 cm³/mol. The highest BCUT2D eigenvalue weighted by atomic mass is 16.5. The monoisotopic (exact) mass is 276 g/mol. The summed E-state index contributed by atoms with van der Waals surface area (Å²) in [6, 6.07) is 2.03. The molecule has 7 nitrogen and oxygen atoms in total. The summed E-state index contributed by atoms with van der Waals surface area (Å²) in [5.41, 5.74) is 0.966. The largest absolute Gasteiger partial charge is 0.360 e. The van der Waals surface area contributed by atoms with Crippen LogP contribution in [0.2, 0.25) is 0 Å². The van der Waals surface area contributed by atoms with Crippen LogP contribution in [0.1, 0.15) is 30.6 Å². The van der Waals surface area contributed by atoms with Crippen LogP contribution in [0.3, 0.4) is 0 Å². The lowest BCUT2D eigenvalue weighted by molar-refractivity contribution is 0.186. The van der Waals surface area contributed by atoms with Crippen molar-refractivity contribution in [3.63, 3.8) is 0 Å². The molecule has 0 radical (unpaired) electrons. The molecule has 0 fully saturated rings. The van der Waals surface area contributed by atoms with E-state index in [0.29, 0.717) is 0 Å². The van der Waals surface area contributed by atoms with Gasteiger partial charge in [-0.3, -0.25) is 4.90 Å². The van der Waals surface area contributed by atoms with Crippen LogP contribution in [0.5, 0.6) is 0 Å². The molecule has 0 atom stereocenters. The zero-order chi connectivity index (χ0) is 13.8. The minimum atomic E-state index is 0.770. The Hall–Kier alpha value is -1.73. The van der Waals surface area contributed by atoms with Gasteiger partial charge in [-0.1, -0.05) is 12.1 Å². The number of hydrogen-bond acceptors (Lipinski definition) is 6. The number of nitrogens with zero attached hydrogens (tertiary/aromatic N) is 5. The van der Waals surface area contributed by atoms with Crippen LogP contribution >= 0.6 is 0 Å². The van der Waals surface area contributed by atoms with Crippen molar-refractivity contribution in [2.45, 2.75) is 39.5 Å². The normalized spacial score (nSPS) is 15.4. The first-order chi connectivity index (χ1) is 9.85. The summed E-state index contributed by atoms with van der Waals surface area (Å²) in [6.45, 7) is 7.42. The van der Waals surface area contributed by atoms with E-state index in [0.717, 1.165) is 63.0 Å². The van der Waals surface area contributed by atoms with E-state index in [1.165, 1.54) is 0 Å². The van der Waals surface area contributed by atoms with E-state index < -0.39 is 0 Å². The van der Waals surface area contributed by atoms with Crippen molar-refractivity contribution in [2.75, 3.05) is 13.1 Å². The van der Waals surface area contributed by atoms with Gasteiger partial charge in [-0.25, -0.2) is 0 Å². The van der Waals surface area contributed by atoms with Gasteiger partial charge in [0.2, 0.25) is 0 Å². The lowest BCUT2D eigenvalue weighted by Crippen LogP contribution is -2.33. The van der Waals surface area contributed by atoms with Crippen LogP contribution in [-0.4, -0.2) is 37.9 Å². The van der Waals surface area contributed by atoms with Crippen molar-refractivity contribution >= 4 is 0 Å². The molecule has 3 heterocycles. The number of rotatable bonds is 6. The predicted octanol–water partition coefficient (Wildman–Crippen LogP) is 0.781. The fourth-order valence-electron chi connectivity index (χ4n) is 2.38. The van der Waals surface area contributed by atoms with E-state index in [9.17, 15) is 0 Å². The minimum Gasteiger partial charge on any atom is -0.360 e. The van der Waals surface area contributed by atoms with Crippen molar-refractivity contribution in [1.82, 2.24) is 30.1 Å². The molecule has 1 aliphatic heterocycles. The van der Waals surface area contributed by atoms with Crippen molar-refractivity contribution in [2.24, 2.45) is 0 Å². The maximum absolute atomic E-state index is 5.39. The van der Waals surface area contributed by atoms with Gasteiger partial charge in [0.1, 0.15) is 12.2 Å². The molecule has 1 aliphatic rings. The molecule has 3 rings (SSSR count). The van der Waals surface area contributed by atoms with E-state index in [1.54, 1.807) is 6.33 Å². The lowest BCUT2D eigenvalue weighted by Gasteiger charge is -2.25. The summed E-state index contributed by atoms with van der Waals surface area (Å²) < 4.78 is 7.49. The van der Waals surface area contributed by atoms with Gasteiger partial charge >= 0.3 is 0 Å². The maximum atomic E-state index is 5.39. The molecule has 2 aromatic rings. The zero-order valence-corrected chi connectivity index (χ0v) is 11.7. The molecule has 7 heteroatoms. The highest BCUT2D eigenvalue weighted by Gasteiger charge is 2.18. The third-order valence-corrected chi connectivity index (χ3v) is 3.44. The van der Waals surface area contributed by atoms with Gasteiger partial charge < -0.3 is 14.4 Å². The molecular weight excluding hydrogens is 256 g/mol. The summed E-state index contributed by atoms with van der Waals surface area (Å²) in [5, 5.41) is 15.5. The van der Waals surface area contributed by atoms with E-state index in [4.69, 9.17) is 4.52 Å². The number of hydrogen-bond donors (Lipinski definition) is 1. The SMILES string of the molecule is CCCNCc1cc(CN2CCn3cnnc3C2)on1. The van der Waals surface area contributed by atoms with E-state index >= 15 is 0 Å². The topological polar surface area (TPSA) is 72.0 Å². The Bertz CT molecular complexity index is 549. The van der Waals surface area contributed by atoms with Gasteiger partial charge in [0.15, 0.2) is 5.76 Å². The van der Waals surface area contributed by atoms with Gasteiger partial charge in [-0.2, -0.15) is 0 Å². The third-order valence-electron chi connectivity index (χ3n) is 3.44. The number of fused-ring (bicyclic) bond motifs is 1. The molecule has 1 N–H and O–H groups in total. The summed E-state index contributed by atoms with van der Waals surface area (Å²) in [7, 11) is 0. The highest BCUT2D eigenvalue weighted by molar-refractivity contribution is 5.05. The van der Waals surface area contributed by atoms with Gasteiger partial charge in [-0.05, 0) is 13.0 Å². The Balaban J connectivity index is 1.54. The maximum Gasteiger partial charge on any atom is 0.151 e. The first kappa shape index (κ1) is 13.3. The van der Waals surface area contributed by atoms with Crippen LogP contribution in [0.15, 0.2) is 16.9 Å². The molecule has 0 aliphatic carbocycles. The molecular formula is C13H20N6O. The fourth-order valence-corrected chi connectivity index (χ4v) is 2.38. The van der Waals surface area contributed by atoms with E-state index in [1.807, 2.05) is 6.07 Å². The average molecular weight is 276 g/mol. The average Bonchev–Trinajstić information content (AvgIpc) is 3.08. The third kappa shape index (κ3) is 3.05. The molecule has 0 saturated carbocycles. The van der Waals surface area contributed by atoms with Crippen molar-refractivity contribution < 1.29 is 4.52 Å². The van der Waals surface area contributed by atoms with Crippen LogP contribution in [0.25, 0.3) is 0 Å². The summed E-state index contributed by atoms with van der Waals surface area (Å²) in [5.74, 6) is 1.92. The number of aromatic nitrogens is 4. The molecule has 0 unspecified atom stereocenters. The van der Waals surface area contributed by atoms with Gasteiger partial charge in [-0.15, -0.1) is 10.2 Å². The lowest BCUT2D eigenvalue weighted by atomic mass is 10.3. The van der Waals surface area contributed by atoms with Crippen molar-refractivity contribution in [3.8, 4) is 0 Å². The van der Waals surface area contributed by atoms with Crippen LogP contribution in [-0.2, 0) is 26.2 Å². The molecule has 0 bridgehead atoms. The summed E-state index contributed by atoms with van der Waals surface area (Å²) in [6.07, 6.45) is 2.91. The van der Waals surface area contributed by atoms with Gasteiger partial charge in [0.25, 0.3) is 0 Å². The van der Waals surface area contributed by atoms with Gasteiger partial charge in [0.05, 0.1) is 18.8 Å². The second-order valence-corrected chi connectivity index (χ2v) is 5.11. The minimum absolute atomic E-state index is 0.770. The Labute approximate surface area is 118 Å². The second-order valence-electron chi connectivity index (χ2n) is 5.11. The van der Waals surface area contributed by atoms with E-state index in [2.05, 4.69) is 37.1 Å². The summed E-state index contributed by atoms with van der Waals surface area (Å²) >= 11 is 0. The Kier molecular flexibility index (Phi) is 4.08. The molecule has 0 amide bonds. The van der Waals surface area contributed by atoms with Crippen molar-refractivity contribution in [3.05, 3.63) is 29.7 Å². The smallest absolute Gasteiger partial charge is 0.151 e. The fraction of sp³-hybridized carbons (Fsp3) is 0.615. The van der Waals surface area contributed by atoms with Gasteiger partial charge in [0, 0.05) is 25.7 Å². The standard InChI is InChI=1S/C13H20N6O/c1-2-3-14-7-11-6-12(20-17-11)8-18-4-5-19-10-15-16-13(19)9-18/h6,10,14H,2-5,7-9H2,1H3. The second kappa shape index (κ2) is 6.15.